The van der Waals surface area contributed by atoms with Crippen LogP contribution in [0.25, 0.3) is 22.7 Å². The van der Waals surface area contributed by atoms with Gasteiger partial charge in [-0.1, -0.05) is 6.07 Å². The molecule has 202 valence electrons. The third-order valence-electron chi connectivity index (χ3n) is 8.85. The molecule has 0 spiro atoms. The maximum atomic E-state index is 13.0. The summed E-state index contributed by atoms with van der Waals surface area (Å²) in [7, 11) is 0. The minimum atomic E-state index is -0.0644. The zero-order valence-corrected chi connectivity index (χ0v) is 23.0. The Hall–Kier alpha value is -3.79. The molecule has 4 bridgehead atoms. The van der Waals surface area contributed by atoms with Crippen LogP contribution in [-0.4, -0.2) is 34.6 Å². The van der Waals surface area contributed by atoms with Crippen molar-refractivity contribution in [1.82, 2.24) is 15.3 Å². The number of ether oxygens (including phenoxy) is 2. The highest BCUT2D eigenvalue weighted by molar-refractivity contribution is 5.90. The van der Waals surface area contributed by atoms with E-state index in [0.29, 0.717) is 29.5 Å². The normalized spacial score (nSPS) is 25.5. The van der Waals surface area contributed by atoms with Crippen LogP contribution in [0.3, 0.4) is 0 Å². The van der Waals surface area contributed by atoms with Crippen LogP contribution in [0.15, 0.2) is 30.3 Å². The number of aromatic nitrogens is 2. The van der Waals surface area contributed by atoms with Gasteiger partial charge in [-0.25, -0.2) is 4.98 Å². The van der Waals surface area contributed by atoms with E-state index in [1.807, 2.05) is 25.1 Å². The SMILES string of the molecule is CCOc1cc(/C=C(\C#N)c2nc3cc(C)c(C)cc3[nH]2)ccc1OCC(=O)NC12CC3CC(CC(C3)C1)C2. The number of aryl methyl sites for hydroxylation is 2. The maximum Gasteiger partial charge on any atom is 0.258 e. The first-order chi connectivity index (χ1) is 18.8. The quantitative estimate of drug-likeness (QED) is 0.347. The number of carbonyl (C=O) groups is 1. The fourth-order valence-corrected chi connectivity index (χ4v) is 7.46. The third-order valence-corrected chi connectivity index (χ3v) is 8.85. The van der Waals surface area contributed by atoms with E-state index in [4.69, 9.17) is 9.47 Å². The van der Waals surface area contributed by atoms with Crippen molar-refractivity contribution >= 4 is 28.6 Å². The van der Waals surface area contributed by atoms with Crippen molar-refractivity contribution in [3.05, 3.63) is 52.8 Å². The summed E-state index contributed by atoms with van der Waals surface area (Å²) in [6.45, 7) is 6.43. The molecule has 2 N–H and O–H groups in total. The lowest BCUT2D eigenvalue weighted by atomic mass is 9.53. The van der Waals surface area contributed by atoms with Crippen molar-refractivity contribution in [2.24, 2.45) is 17.8 Å². The lowest BCUT2D eigenvalue weighted by Gasteiger charge is -2.56. The molecule has 3 aromatic rings. The van der Waals surface area contributed by atoms with Crippen molar-refractivity contribution in [3.8, 4) is 17.6 Å². The molecule has 4 fully saturated rings. The van der Waals surface area contributed by atoms with Gasteiger partial charge in [-0.05, 0) is 124 Å². The van der Waals surface area contributed by atoms with Crippen molar-refractivity contribution < 1.29 is 14.3 Å². The average Bonchev–Trinajstić information content (AvgIpc) is 3.28. The molecular formula is C32H36N4O3. The number of H-pyrrole nitrogens is 1. The minimum absolute atomic E-state index is 0.0334. The Morgan fingerprint density at radius 3 is 2.44 bits per heavy atom. The molecule has 0 atom stereocenters. The fraction of sp³-hybridized carbons (Fsp3) is 0.469. The van der Waals surface area contributed by atoms with Crippen LogP contribution in [-0.2, 0) is 4.79 Å². The summed E-state index contributed by atoms with van der Waals surface area (Å²) >= 11 is 0. The maximum absolute atomic E-state index is 13.0. The summed E-state index contributed by atoms with van der Waals surface area (Å²) in [5.41, 5.74) is 5.24. The Morgan fingerprint density at radius 2 is 1.77 bits per heavy atom. The smallest absolute Gasteiger partial charge is 0.258 e. The van der Waals surface area contributed by atoms with Gasteiger partial charge in [-0.2, -0.15) is 5.26 Å². The number of amides is 1. The average molecular weight is 525 g/mol. The first kappa shape index (κ1) is 25.5. The van der Waals surface area contributed by atoms with Gasteiger partial charge in [0.15, 0.2) is 18.1 Å². The number of nitriles is 1. The molecule has 7 nitrogen and oxygen atoms in total. The third kappa shape index (κ3) is 5.13. The Balaban J connectivity index is 1.16. The van der Waals surface area contributed by atoms with E-state index >= 15 is 0 Å². The van der Waals surface area contributed by atoms with Gasteiger partial charge in [0.1, 0.15) is 11.9 Å². The number of fused-ring (bicyclic) bond motifs is 1. The standard InChI is InChI=1S/C32H36N4O3/c1-4-38-29-13-21(12-25(17-33)31-34-26-7-19(2)20(3)8-27(26)35-31)5-6-28(29)39-18-30(37)36-32-14-22-9-23(15-32)11-24(10-22)16-32/h5-8,12-13,22-24H,4,9-11,14-16,18H2,1-3H3,(H,34,35)(H,36,37)/b25-12+. The van der Waals surface area contributed by atoms with Crippen molar-refractivity contribution in [1.29, 1.82) is 5.26 Å². The summed E-state index contributed by atoms with van der Waals surface area (Å²) in [6, 6.07) is 11.8. The topological polar surface area (TPSA) is 100 Å². The number of hydrogen-bond acceptors (Lipinski definition) is 5. The molecule has 0 unspecified atom stereocenters. The molecule has 4 aliphatic carbocycles. The summed E-state index contributed by atoms with van der Waals surface area (Å²) in [4.78, 5) is 20.9. The second kappa shape index (κ2) is 10.1. The number of aromatic amines is 1. The summed E-state index contributed by atoms with van der Waals surface area (Å²) in [6.07, 6.45) is 9.14. The highest BCUT2D eigenvalue weighted by Crippen LogP contribution is 2.55. The molecule has 39 heavy (non-hydrogen) atoms. The number of carbonyl (C=O) groups excluding carboxylic acids is 1. The van der Waals surface area contributed by atoms with Gasteiger partial charge in [-0.15, -0.1) is 0 Å². The largest absolute Gasteiger partial charge is 0.490 e. The van der Waals surface area contributed by atoms with Crippen LogP contribution in [0.5, 0.6) is 11.5 Å². The van der Waals surface area contributed by atoms with E-state index in [1.165, 1.54) is 24.8 Å². The van der Waals surface area contributed by atoms with Crippen molar-refractivity contribution in [2.75, 3.05) is 13.2 Å². The molecule has 0 radical (unpaired) electrons. The zero-order valence-electron chi connectivity index (χ0n) is 23.0. The predicted octanol–water partition coefficient (Wildman–Crippen LogP) is 6.11. The van der Waals surface area contributed by atoms with E-state index in [-0.39, 0.29) is 18.1 Å². The van der Waals surface area contributed by atoms with Crippen LogP contribution in [0.2, 0.25) is 0 Å². The van der Waals surface area contributed by atoms with Crippen LogP contribution < -0.4 is 14.8 Å². The molecule has 0 saturated heterocycles. The fourth-order valence-electron chi connectivity index (χ4n) is 7.46. The van der Waals surface area contributed by atoms with Gasteiger partial charge in [0.25, 0.3) is 5.91 Å². The van der Waals surface area contributed by atoms with Gasteiger partial charge < -0.3 is 19.8 Å². The highest BCUT2D eigenvalue weighted by Gasteiger charge is 2.51. The van der Waals surface area contributed by atoms with Crippen molar-refractivity contribution in [2.45, 2.75) is 64.8 Å². The van der Waals surface area contributed by atoms with Gasteiger partial charge in [0.05, 0.1) is 23.2 Å². The van der Waals surface area contributed by atoms with E-state index in [9.17, 15) is 10.1 Å². The minimum Gasteiger partial charge on any atom is -0.490 e. The lowest BCUT2D eigenvalue weighted by molar-refractivity contribution is -0.128. The van der Waals surface area contributed by atoms with Crippen molar-refractivity contribution in [3.63, 3.8) is 0 Å². The Kier molecular flexibility index (Phi) is 6.58. The number of nitrogens with zero attached hydrogens (tertiary/aromatic N) is 2. The van der Waals surface area contributed by atoms with E-state index in [1.54, 1.807) is 12.1 Å². The summed E-state index contributed by atoms with van der Waals surface area (Å²) < 4.78 is 11.8. The number of imidazole rings is 1. The predicted molar refractivity (Wildman–Crippen MR) is 151 cm³/mol. The summed E-state index contributed by atoms with van der Waals surface area (Å²) in [5.74, 6) is 3.84. The Morgan fingerprint density at radius 1 is 1.08 bits per heavy atom. The molecule has 1 aromatic heterocycles. The molecule has 7 rings (SSSR count). The summed E-state index contributed by atoms with van der Waals surface area (Å²) in [5, 5.41) is 13.3. The zero-order chi connectivity index (χ0) is 27.1. The number of benzene rings is 2. The van der Waals surface area contributed by atoms with Crippen LogP contribution in [0.4, 0.5) is 0 Å². The van der Waals surface area contributed by atoms with Gasteiger partial charge in [0.2, 0.25) is 0 Å². The monoisotopic (exact) mass is 524 g/mol. The van der Waals surface area contributed by atoms with Gasteiger partial charge >= 0.3 is 0 Å². The molecule has 4 saturated carbocycles. The van der Waals surface area contributed by atoms with Gasteiger partial charge in [-0.3, -0.25) is 4.79 Å². The molecule has 1 amide bonds. The lowest BCUT2D eigenvalue weighted by Crippen LogP contribution is -2.60. The highest BCUT2D eigenvalue weighted by atomic mass is 16.5. The van der Waals surface area contributed by atoms with E-state index in [2.05, 4.69) is 41.3 Å². The Labute approximate surface area is 229 Å². The molecule has 7 heteroatoms. The molecule has 0 aliphatic heterocycles. The van der Waals surface area contributed by atoms with Crippen LogP contribution in [0.1, 0.15) is 68.0 Å². The van der Waals surface area contributed by atoms with E-state index < -0.39 is 0 Å². The first-order valence-electron chi connectivity index (χ1n) is 14.1. The number of rotatable bonds is 8. The molecule has 1 heterocycles. The second-order valence-electron chi connectivity index (χ2n) is 11.9. The van der Waals surface area contributed by atoms with Crippen LogP contribution >= 0.6 is 0 Å². The molecule has 2 aromatic carbocycles. The van der Waals surface area contributed by atoms with Crippen LogP contribution in [0, 0.1) is 42.9 Å². The molecular weight excluding hydrogens is 488 g/mol. The Bertz CT molecular complexity index is 1420. The first-order valence-corrected chi connectivity index (χ1v) is 14.1. The number of allylic oxidation sites excluding steroid dienone is 1. The molecule has 4 aliphatic rings. The van der Waals surface area contributed by atoms with Gasteiger partial charge in [0, 0.05) is 5.54 Å². The number of hydrogen-bond donors (Lipinski definition) is 2. The number of nitrogens with one attached hydrogen (secondary N) is 2. The second-order valence-corrected chi connectivity index (χ2v) is 11.9. The van der Waals surface area contributed by atoms with E-state index in [0.717, 1.165) is 59.2 Å².